The van der Waals surface area contributed by atoms with Crippen LogP contribution in [0.1, 0.15) is 39.8 Å². The molecule has 1 amide bonds. The summed E-state index contributed by atoms with van der Waals surface area (Å²) in [5.74, 6) is 0.694. The summed E-state index contributed by atoms with van der Waals surface area (Å²) in [6.07, 6.45) is 0.794. The minimum Gasteiger partial charge on any atom is -0.383 e. The van der Waals surface area contributed by atoms with Crippen LogP contribution in [-0.4, -0.2) is 55.5 Å². The topological polar surface area (TPSA) is 92.6 Å². The van der Waals surface area contributed by atoms with Gasteiger partial charge in [0.15, 0.2) is 5.96 Å². The number of rotatable bonds is 10. The molecule has 0 aliphatic heterocycles. The average Bonchev–Trinajstić information content (AvgIpc) is 3.02. The minimum absolute atomic E-state index is 0.0727. The lowest BCUT2D eigenvalue weighted by Crippen LogP contribution is -2.38. The summed E-state index contributed by atoms with van der Waals surface area (Å²) in [6.45, 7) is 9.56. The van der Waals surface area contributed by atoms with Crippen LogP contribution < -0.4 is 16.0 Å². The van der Waals surface area contributed by atoms with Crippen molar-refractivity contribution in [2.75, 3.05) is 33.9 Å². The molecule has 1 heterocycles. The number of aryl methyl sites for hydroxylation is 1. The number of ether oxygens (including phenoxy) is 1. The number of hydrogen-bond donors (Lipinski definition) is 3. The largest absolute Gasteiger partial charge is 0.383 e. The number of nitrogens with zero attached hydrogens (tertiary/aromatic N) is 3. The van der Waals surface area contributed by atoms with Crippen LogP contribution in [0.5, 0.6) is 0 Å². The smallest absolute Gasteiger partial charge is 0.251 e. The molecule has 2 rings (SSSR count). The predicted octanol–water partition coefficient (Wildman–Crippen LogP) is 1.80. The van der Waals surface area contributed by atoms with Crippen molar-refractivity contribution in [3.63, 3.8) is 0 Å². The van der Waals surface area contributed by atoms with E-state index in [1.807, 2.05) is 42.8 Å². The molecule has 30 heavy (non-hydrogen) atoms. The molecule has 0 aliphatic carbocycles. The molecule has 0 saturated heterocycles. The molecule has 0 bridgehead atoms. The van der Waals surface area contributed by atoms with Crippen LogP contribution in [0.2, 0.25) is 0 Å². The Labute approximate surface area is 179 Å². The van der Waals surface area contributed by atoms with Crippen LogP contribution >= 0.6 is 0 Å². The zero-order chi connectivity index (χ0) is 21.9. The third-order valence-corrected chi connectivity index (χ3v) is 4.90. The van der Waals surface area contributed by atoms with Crippen molar-refractivity contribution in [3.05, 3.63) is 52.3 Å². The molecule has 1 aromatic carbocycles. The van der Waals surface area contributed by atoms with Gasteiger partial charge in [-0.1, -0.05) is 12.1 Å². The second-order valence-electron chi connectivity index (χ2n) is 7.02. The van der Waals surface area contributed by atoms with Gasteiger partial charge in [0.05, 0.1) is 25.4 Å². The molecule has 0 fully saturated rings. The number of carbonyl (C=O) groups is 1. The van der Waals surface area contributed by atoms with E-state index in [1.54, 1.807) is 14.2 Å². The molecule has 0 saturated carbocycles. The Bertz CT molecular complexity index is 859. The van der Waals surface area contributed by atoms with E-state index in [-0.39, 0.29) is 5.91 Å². The van der Waals surface area contributed by atoms with Gasteiger partial charge in [-0.3, -0.25) is 9.48 Å². The second-order valence-corrected chi connectivity index (χ2v) is 7.02. The molecule has 0 radical (unpaired) electrons. The lowest BCUT2D eigenvalue weighted by atomic mass is 10.1. The SMILES string of the molecule is CCNC(=NCc1c(C)nn(CCOC)c1C)NCCc1cccc(C(=O)NC)c1. The zero-order valence-corrected chi connectivity index (χ0v) is 18.7. The summed E-state index contributed by atoms with van der Waals surface area (Å²) >= 11 is 0. The molecule has 1 aromatic heterocycles. The normalized spacial score (nSPS) is 11.4. The van der Waals surface area contributed by atoms with Gasteiger partial charge in [-0.05, 0) is 44.9 Å². The highest BCUT2D eigenvalue weighted by atomic mass is 16.5. The fraction of sp³-hybridized carbons (Fsp3) is 0.500. The van der Waals surface area contributed by atoms with Crippen LogP contribution in [0.3, 0.4) is 0 Å². The van der Waals surface area contributed by atoms with E-state index in [0.29, 0.717) is 25.3 Å². The maximum Gasteiger partial charge on any atom is 0.251 e. The molecule has 0 unspecified atom stereocenters. The van der Waals surface area contributed by atoms with Crippen LogP contribution in [0.25, 0.3) is 0 Å². The number of guanidine groups is 1. The number of carbonyl (C=O) groups excluding carboxylic acids is 1. The average molecular weight is 415 g/mol. The Morgan fingerprint density at radius 1 is 1.27 bits per heavy atom. The number of amides is 1. The van der Waals surface area contributed by atoms with E-state index in [1.165, 1.54) is 0 Å². The zero-order valence-electron chi connectivity index (χ0n) is 18.7. The van der Waals surface area contributed by atoms with Crippen LogP contribution in [0, 0.1) is 13.8 Å². The van der Waals surface area contributed by atoms with Gasteiger partial charge in [-0.25, -0.2) is 4.99 Å². The van der Waals surface area contributed by atoms with Crippen molar-refractivity contribution in [2.45, 2.75) is 40.3 Å². The number of hydrogen-bond acceptors (Lipinski definition) is 4. The van der Waals surface area contributed by atoms with Gasteiger partial charge in [0.1, 0.15) is 0 Å². The van der Waals surface area contributed by atoms with Crippen molar-refractivity contribution < 1.29 is 9.53 Å². The summed E-state index contributed by atoms with van der Waals surface area (Å²) in [5, 5.41) is 13.9. The van der Waals surface area contributed by atoms with Gasteiger partial charge in [0.2, 0.25) is 0 Å². The van der Waals surface area contributed by atoms with E-state index < -0.39 is 0 Å². The highest BCUT2D eigenvalue weighted by Gasteiger charge is 2.11. The molecule has 164 valence electrons. The summed E-state index contributed by atoms with van der Waals surface area (Å²) in [5.41, 5.74) is 5.03. The fourth-order valence-corrected chi connectivity index (χ4v) is 3.20. The number of nitrogens with one attached hydrogen (secondary N) is 3. The van der Waals surface area contributed by atoms with E-state index in [4.69, 9.17) is 9.73 Å². The Hall–Kier alpha value is -2.87. The van der Waals surface area contributed by atoms with Crippen LogP contribution in [0.4, 0.5) is 0 Å². The highest BCUT2D eigenvalue weighted by Crippen LogP contribution is 2.14. The third kappa shape index (κ3) is 6.59. The van der Waals surface area contributed by atoms with Gasteiger partial charge >= 0.3 is 0 Å². The van der Waals surface area contributed by atoms with Gasteiger partial charge in [0, 0.05) is 44.1 Å². The first kappa shape index (κ1) is 23.4. The van der Waals surface area contributed by atoms with E-state index in [2.05, 4.69) is 28.0 Å². The van der Waals surface area contributed by atoms with Crippen LogP contribution in [-0.2, 0) is 24.2 Å². The lowest BCUT2D eigenvalue weighted by molar-refractivity contribution is 0.0963. The van der Waals surface area contributed by atoms with Gasteiger partial charge in [-0.15, -0.1) is 0 Å². The number of aromatic nitrogens is 2. The Morgan fingerprint density at radius 2 is 2.07 bits per heavy atom. The molecule has 0 atom stereocenters. The van der Waals surface area contributed by atoms with Crippen molar-refractivity contribution in [3.8, 4) is 0 Å². The molecular formula is C22H34N6O2. The molecule has 8 heteroatoms. The first-order valence-electron chi connectivity index (χ1n) is 10.3. The predicted molar refractivity (Wildman–Crippen MR) is 120 cm³/mol. The number of benzene rings is 1. The third-order valence-electron chi connectivity index (χ3n) is 4.90. The monoisotopic (exact) mass is 414 g/mol. The molecule has 2 aromatic rings. The minimum atomic E-state index is -0.0727. The molecular weight excluding hydrogens is 380 g/mol. The van der Waals surface area contributed by atoms with Crippen LogP contribution in [0.15, 0.2) is 29.3 Å². The summed E-state index contributed by atoms with van der Waals surface area (Å²) in [6, 6.07) is 7.68. The van der Waals surface area contributed by atoms with E-state index in [9.17, 15) is 4.79 Å². The van der Waals surface area contributed by atoms with Crippen molar-refractivity contribution >= 4 is 11.9 Å². The second kappa shape index (κ2) is 12.0. The maximum atomic E-state index is 11.8. The molecule has 3 N–H and O–H groups in total. The quantitative estimate of drug-likeness (QED) is 0.407. The van der Waals surface area contributed by atoms with Gasteiger partial charge in [-0.2, -0.15) is 5.10 Å². The van der Waals surface area contributed by atoms with Crippen molar-refractivity contribution in [1.29, 1.82) is 0 Å². The first-order valence-corrected chi connectivity index (χ1v) is 10.3. The Balaban J connectivity index is 1.98. The summed E-state index contributed by atoms with van der Waals surface area (Å²) in [7, 11) is 3.33. The number of methoxy groups -OCH3 is 1. The molecule has 0 aliphatic rings. The van der Waals surface area contributed by atoms with Gasteiger partial charge < -0.3 is 20.7 Å². The van der Waals surface area contributed by atoms with E-state index in [0.717, 1.165) is 48.0 Å². The maximum absolute atomic E-state index is 11.8. The number of aliphatic imine (C=N–C) groups is 1. The van der Waals surface area contributed by atoms with E-state index >= 15 is 0 Å². The molecule has 8 nitrogen and oxygen atoms in total. The van der Waals surface area contributed by atoms with Crippen molar-refractivity contribution in [2.24, 2.45) is 4.99 Å². The van der Waals surface area contributed by atoms with Crippen molar-refractivity contribution in [1.82, 2.24) is 25.7 Å². The summed E-state index contributed by atoms with van der Waals surface area (Å²) < 4.78 is 7.13. The van der Waals surface area contributed by atoms with Gasteiger partial charge in [0.25, 0.3) is 5.91 Å². The Kier molecular flexibility index (Phi) is 9.34. The highest BCUT2D eigenvalue weighted by molar-refractivity contribution is 5.94. The summed E-state index contributed by atoms with van der Waals surface area (Å²) in [4.78, 5) is 16.5. The standard InChI is InChI=1S/C22H34N6O2/c1-6-24-22(25-11-10-18-8-7-9-19(14-18)21(29)23-4)26-15-20-16(2)27-28(17(20)3)12-13-30-5/h7-9,14H,6,10-13,15H2,1-5H3,(H,23,29)(H2,24,25,26). The first-order chi connectivity index (χ1) is 14.5. The lowest BCUT2D eigenvalue weighted by Gasteiger charge is -2.12. The Morgan fingerprint density at radius 3 is 2.77 bits per heavy atom. The molecule has 0 spiro atoms. The fourth-order valence-electron chi connectivity index (χ4n) is 3.20.